The van der Waals surface area contributed by atoms with Gasteiger partial charge in [-0.3, -0.25) is 4.79 Å². The van der Waals surface area contributed by atoms with Crippen LogP contribution in [0.5, 0.6) is 0 Å². The van der Waals surface area contributed by atoms with Crippen molar-refractivity contribution >= 4 is 5.91 Å². The highest BCUT2D eigenvalue weighted by Gasteiger charge is 2.12. The van der Waals surface area contributed by atoms with Crippen LogP contribution in [0.3, 0.4) is 0 Å². The van der Waals surface area contributed by atoms with Crippen LogP contribution < -0.4 is 5.32 Å². The zero-order chi connectivity index (χ0) is 12.7. The van der Waals surface area contributed by atoms with Gasteiger partial charge in [0.2, 0.25) is 5.91 Å². The van der Waals surface area contributed by atoms with Gasteiger partial charge in [0, 0.05) is 0 Å². The molecule has 0 aliphatic heterocycles. The molecule has 0 heterocycles. The summed E-state index contributed by atoms with van der Waals surface area (Å²) in [5.74, 6) is -0.0648. The molecule has 17 heavy (non-hydrogen) atoms. The number of carbonyl (C=O) groups is 1. The number of aliphatic hydroxyl groups excluding tert-OH is 1. The van der Waals surface area contributed by atoms with Gasteiger partial charge in [-0.2, -0.15) is 0 Å². The number of carbonyl (C=O) groups excluding carboxylic acids is 1. The Balaban J connectivity index is 2.46. The quantitative estimate of drug-likeness (QED) is 0.745. The second-order valence-electron chi connectivity index (χ2n) is 4.37. The molecule has 0 aliphatic rings. The first-order valence-corrected chi connectivity index (χ1v) is 5.70. The summed E-state index contributed by atoms with van der Waals surface area (Å²) in [6, 6.07) is 9.60. The summed E-state index contributed by atoms with van der Waals surface area (Å²) in [4.78, 5) is 13.3. The molecule has 0 saturated heterocycles. The zero-order valence-corrected chi connectivity index (χ0v) is 10.4. The molecule has 0 fully saturated rings. The first-order chi connectivity index (χ1) is 8.11. The average Bonchev–Trinajstić information content (AvgIpc) is 2.28. The van der Waals surface area contributed by atoms with Gasteiger partial charge < -0.3 is 15.3 Å². The molecule has 1 rings (SSSR count). The molecule has 0 aliphatic carbocycles. The Hall–Kier alpha value is -1.39. The van der Waals surface area contributed by atoms with E-state index in [1.165, 1.54) is 0 Å². The van der Waals surface area contributed by atoms with Gasteiger partial charge in [-0.1, -0.05) is 30.3 Å². The van der Waals surface area contributed by atoms with Crippen molar-refractivity contribution in [2.45, 2.75) is 12.5 Å². The van der Waals surface area contributed by atoms with Crippen LogP contribution in [0.15, 0.2) is 30.3 Å². The van der Waals surface area contributed by atoms with Crippen molar-refractivity contribution in [2.24, 2.45) is 0 Å². The van der Waals surface area contributed by atoms with Gasteiger partial charge >= 0.3 is 0 Å². The standard InChI is InChI=1S/C13H20N2O2/c1-15(2)9-13(17)14-12(10-16)8-11-6-4-3-5-7-11/h3-7,12,16H,8-10H2,1-2H3,(H,14,17). The van der Waals surface area contributed by atoms with Gasteiger partial charge in [0.25, 0.3) is 0 Å². The summed E-state index contributed by atoms with van der Waals surface area (Å²) < 4.78 is 0. The lowest BCUT2D eigenvalue weighted by Crippen LogP contribution is -2.43. The predicted octanol–water partition coefficient (Wildman–Crippen LogP) is 0.268. The van der Waals surface area contributed by atoms with E-state index in [1.807, 2.05) is 44.4 Å². The van der Waals surface area contributed by atoms with E-state index in [0.717, 1.165) is 5.56 Å². The van der Waals surface area contributed by atoms with E-state index in [0.29, 0.717) is 13.0 Å². The molecule has 1 amide bonds. The van der Waals surface area contributed by atoms with E-state index >= 15 is 0 Å². The Bertz CT molecular complexity index is 339. The van der Waals surface area contributed by atoms with Crippen LogP contribution in [0.2, 0.25) is 0 Å². The maximum absolute atomic E-state index is 11.5. The number of rotatable bonds is 6. The molecular formula is C13H20N2O2. The Labute approximate surface area is 102 Å². The van der Waals surface area contributed by atoms with E-state index in [2.05, 4.69) is 5.32 Å². The van der Waals surface area contributed by atoms with Gasteiger partial charge in [-0.15, -0.1) is 0 Å². The average molecular weight is 236 g/mol. The van der Waals surface area contributed by atoms with Crippen molar-refractivity contribution in [3.63, 3.8) is 0 Å². The minimum absolute atomic E-state index is 0.0476. The Morgan fingerprint density at radius 3 is 2.53 bits per heavy atom. The number of hydrogen-bond donors (Lipinski definition) is 2. The molecule has 1 aromatic carbocycles. The minimum Gasteiger partial charge on any atom is -0.394 e. The Morgan fingerprint density at radius 2 is 2.00 bits per heavy atom. The number of benzene rings is 1. The summed E-state index contributed by atoms with van der Waals surface area (Å²) in [5.41, 5.74) is 1.11. The first-order valence-electron chi connectivity index (χ1n) is 5.70. The molecule has 0 spiro atoms. The van der Waals surface area contributed by atoms with Crippen LogP contribution in [0.25, 0.3) is 0 Å². The topological polar surface area (TPSA) is 52.6 Å². The van der Waals surface area contributed by atoms with Crippen molar-refractivity contribution in [1.29, 1.82) is 0 Å². The van der Waals surface area contributed by atoms with Crippen LogP contribution in [-0.4, -0.2) is 49.2 Å². The number of nitrogens with zero attached hydrogens (tertiary/aromatic N) is 1. The predicted molar refractivity (Wildman–Crippen MR) is 67.7 cm³/mol. The first kappa shape index (κ1) is 13.7. The summed E-state index contributed by atoms with van der Waals surface area (Å²) in [6.07, 6.45) is 0.649. The van der Waals surface area contributed by atoms with E-state index in [4.69, 9.17) is 0 Å². The van der Waals surface area contributed by atoms with Crippen LogP contribution >= 0.6 is 0 Å². The molecule has 1 atom stereocenters. The fraction of sp³-hybridized carbons (Fsp3) is 0.462. The number of likely N-dealkylation sites (N-methyl/N-ethyl adjacent to an activating group) is 1. The summed E-state index contributed by atoms with van der Waals surface area (Å²) in [7, 11) is 3.68. The monoisotopic (exact) mass is 236 g/mol. The van der Waals surface area contributed by atoms with E-state index in [-0.39, 0.29) is 18.6 Å². The zero-order valence-electron chi connectivity index (χ0n) is 10.4. The van der Waals surface area contributed by atoms with Gasteiger partial charge in [0.15, 0.2) is 0 Å². The second-order valence-corrected chi connectivity index (χ2v) is 4.37. The Kier molecular flexibility index (Phi) is 5.66. The van der Waals surface area contributed by atoms with E-state index in [9.17, 15) is 9.90 Å². The van der Waals surface area contributed by atoms with Gasteiger partial charge in [-0.25, -0.2) is 0 Å². The van der Waals surface area contributed by atoms with Crippen LogP contribution in [0.4, 0.5) is 0 Å². The molecular weight excluding hydrogens is 216 g/mol. The summed E-state index contributed by atoms with van der Waals surface area (Å²) in [5, 5.41) is 12.1. The molecule has 0 aromatic heterocycles. The highest BCUT2D eigenvalue weighted by molar-refractivity contribution is 5.78. The Morgan fingerprint density at radius 1 is 1.35 bits per heavy atom. The molecule has 4 heteroatoms. The van der Waals surface area contributed by atoms with E-state index in [1.54, 1.807) is 4.90 Å². The third-order valence-electron chi connectivity index (χ3n) is 2.37. The highest BCUT2D eigenvalue weighted by atomic mass is 16.3. The maximum Gasteiger partial charge on any atom is 0.234 e. The van der Waals surface area contributed by atoms with Crippen molar-refractivity contribution in [3.8, 4) is 0 Å². The van der Waals surface area contributed by atoms with Gasteiger partial charge in [0.05, 0.1) is 19.2 Å². The molecule has 0 bridgehead atoms. The largest absolute Gasteiger partial charge is 0.394 e. The molecule has 1 unspecified atom stereocenters. The van der Waals surface area contributed by atoms with Crippen molar-refractivity contribution in [3.05, 3.63) is 35.9 Å². The molecule has 1 aromatic rings. The summed E-state index contributed by atoms with van der Waals surface area (Å²) in [6.45, 7) is 0.291. The second kappa shape index (κ2) is 7.04. The smallest absolute Gasteiger partial charge is 0.234 e. The molecule has 2 N–H and O–H groups in total. The summed E-state index contributed by atoms with van der Waals surface area (Å²) >= 11 is 0. The normalized spacial score (nSPS) is 12.5. The molecule has 94 valence electrons. The lowest BCUT2D eigenvalue weighted by atomic mass is 10.1. The molecule has 0 radical (unpaired) electrons. The highest BCUT2D eigenvalue weighted by Crippen LogP contribution is 2.02. The third kappa shape index (κ3) is 5.47. The van der Waals surface area contributed by atoms with Crippen LogP contribution in [-0.2, 0) is 11.2 Å². The fourth-order valence-electron chi connectivity index (χ4n) is 1.62. The van der Waals surface area contributed by atoms with Crippen molar-refractivity contribution in [1.82, 2.24) is 10.2 Å². The van der Waals surface area contributed by atoms with Gasteiger partial charge in [-0.05, 0) is 26.1 Å². The number of amides is 1. The van der Waals surface area contributed by atoms with E-state index < -0.39 is 0 Å². The van der Waals surface area contributed by atoms with Crippen LogP contribution in [0, 0.1) is 0 Å². The van der Waals surface area contributed by atoms with Crippen molar-refractivity contribution < 1.29 is 9.90 Å². The lowest BCUT2D eigenvalue weighted by molar-refractivity contribution is -0.122. The third-order valence-corrected chi connectivity index (χ3v) is 2.37. The van der Waals surface area contributed by atoms with Gasteiger partial charge in [0.1, 0.15) is 0 Å². The number of hydrogen-bond acceptors (Lipinski definition) is 3. The molecule has 0 saturated carbocycles. The van der Waals surface area contributed by atoms with Crippen molar-refractivity contribution in [2.75, 3.05) is 27.2 Å². The maximum atomic E-state index is 11.5. The number of nitrogens with one attached hydrogen (secondary N) is 1. The molecule has 4 nitrogen and oxygen atoms in total. The SMILES string of the molecule is CN(C)CC(=O)NC(CO)Cc1ccccc1. The number of aliphatic hydroxyl groups is 1. The lowest BCUT2D eigenvalue weighted by Gasteiger charge is -2.18. The minimum atomic E-state index is -0.218. The van der Waals surface area contributed by atoms with Crippen LogP contribution in [0.1, 0.15) is 5.56 Å². The fourth-order valence-corrected chi connectivity index (χ4v) is 1.62.